The smallest absolute Gasteiger partial charge is 0.269 e. The molecule has 0 fully saturated rings. The number of carbonyl (C=O) groups excluding carboxylic acids is 1. The van der Waals surface area contributed by atoms with Crippen LogP contribution in [-0.2, 0) is 19.4 Å². The van der Waals surface area contributed by atoms with Crippen LogP contribution in [0.15, 0.2) is 36.5 Å². The fourth-order valence-electron chi connectivity index (χ4n) is 3.86. The fraction of sp³-hybridized carbons (Fsp3) is 0.227. The standard InChI is InChI=1S/C22H20N4O/c1-14-2-4-15(5-3-14)6-8-17-12-19-16(13-24-17)7-9-18-20(19)25-26-11-10-23-22(27)21(18)26/h2-6,8,12-13H,7,9-11H2,1H3,(H,23,27). The van der Waals surface area contributed by atoms with Gasteiger partial charge in [0.05, 0.1) is 17.9 Å². The molecule has 1 amide bonds. The normalized spacial score (nSPS) is 15.2. The highest BCUT2D eigenvalue weighted by Gasteiger charge is 2.30. The molecule has 0 saturated heterocycles. The summed E-state index contributed by atoms with van der Waals surface area (Å²) in [5, 5.41) is 7.69. The van der Waals surface area contributed by atoms with Crippen molar-refractivity contribution in [2.24, 2.45) is 0 Å². The third-order valence-electron chi connectivity index (χ3n) is 5.31. The highest BCUT2D eigenvalue weighted by atomic mass is 16.2. The van der Waals surface area contributed by atoms with E-state index >= 15 is 0 Å². The van der Waals surface area contributed by atoms with E-state index in [2.05, 4.69) is 53.6 Å². The molecule has 0 spiro atoms. The number of nitrogens with one attached hydrogen (secondary N) is 1. The van der Waals surface area contributed by atoms with Gasteiger partial charge in [-0.25, -0.2) is 0 Å². The number of aryl methyl sites for hydroxylation is 2. The summed E-state index contributed by atoms with van der Waals surface area (Å²) in [6.07, 6.45) is 7.78. The van der Waals surface area contributed by atoms with Crippen LogP contribution in [0.2, 0.25) is 0 Å². The number of nitrogens with zero attached hydrogens (tertiary/aromatic N) is 3. The van der Waals surface area contributed by atoms with Gasteiger partial charge in [-0.15, -0.1) is 0 Å². The second kappa shape index (κ2) is 6.20. The molecule has 2 aromatic heterocycles. The molecule has 27 heavy (non-hydrogen) atoms. The van der Waals surface area contributed by atoms with Crippen molar-refractivity contribution in [3.05, 3.63) is 70.2 Å². The van der Waals surface area contributed by atoms with Crippen LogP contribution < -0.4 is 5.32 Å². The molecule has 0 unspecified atom stereocenters. The zero-order valence-electron chi connectivity index (χ0n) is 15.2. The van der Waals surface area contributed by atoms with E-state index in [-0.39, 0.29) is 5.91 Å². The third kappa shape index (κ3) is 2.76. The summed E-state index contributed by atoms with van der Waals surface area (Å²) in [6.45, 7) is 3.45. The summed E-state index contributed by atoms with van der Waals surface area (Å²) in [6, 6.07) is 10.5. The molecular weight excluding hydrogens is 336 g/mol. The van der Waals surface area contributed by atoms with Crippen LogP contribution in [-0.4, -0.2) is 27.2 Å². The average molecular weight is 356 g/mol. The Balaban J connectivity index is 1.53. The molecule has 5 nitrogen and oxygen atoms in total. The minimum Gasteiger partial charge on any atom is -0.349 e. The van der Waals surface area contributed by atoms with E-state index in [1.165, 1.54) is 11.1 Å². The summed E-state index contributed by atoms with van der Waals surface area (Å²) >= 11 is 0. The van der Waals surface area contributed by atoms with Crippen LogP contribution in [0, 0.1) is 6.92 Å². The maximum atomic E-state index is 12.3. The molecule has 3 heterocycles. The molecule has 1 aromatic carbocycles. The van der Waals surface area contributed by atoms with E-state index in [0.29, 0.717) is 6.54 Å². The molecule has 3 aromatic rings. The van der Waals surface area contributed by atoms with Crippen molar-refractivity contribution in [2.75, 3.05) is 6.54 Å². The minimum atomic E-state index is -0.00741. The first-order valence-electron chi connectivity index (χ1n) is 9.31. The topological polar surface area (TPSA) is 59.8 Å². The van der Waals surface area contributed by atoms with Gasteiger partial charge in [0, 0.05) is 23.9 Å². The van der Waals surface area contributed by atoms with Crippen molar-refractivity contribution < 1.29 is 4.79 Å². The Kier molecular flexibility index (Phi) is 3.67. The zero-order chi connectivity index (χ0) is 18.4. The van der Waals surface area contributed by atoms with Gasteiger partial charge in [-0.1, -0.05) is 35.9 Å². The van der Waals surface area contributed by atoms with Crippen LogP contribution >= 0.6 is 0 Å². The van der Waals surface area contributed by atoms with Gasteiger partial charge in [0.1, 0.15) is 5.69 Å². The predicted molar refractivity (Wildman–Crippen MR) is 105 cm³/mol. The fourth-order valence-corrected chi connectivity index (χ4v) is 3.86. The molecule has 5 rings (SSSR count). The van der Waals surface area contributed by atoms with Gasteiger partial charge in [0.15, 0.2) is 0 Å². The van der Waals surface area contributed by atoms with Crippen molar-refractivity contribution in [3.63, 3.8) is 0 Å². The van der Waals surface area contributed by atoms with E-state index < -0.39 is 0 Å². The summed E-state index contributed by atoms with van der Waals surface area (Å²) < 4.78 is 1.86. The van der Waals surface area contributed by atoms with Gasteiger partial charge in [0.2, 0.25) is 0 Å². The average Bonchev–Trinajstić information content (AvgIpc) is 3.08. The van der Waals surface area contributed by atoms with Gasteiger partial charge >= 0.3 is 0 Å². The second-order valence-corrected chi connectivity index (χ2v) is 7.17. The molecule has 134 valence electrons. The number of rotatable bonds is 2. The monoisotopic (exact) mass is 356 g/mol. The van der Waals surface area contributed by atoms with Crippen molar-refractivity contribution in [1.82, 2.24) is 20.1 Å². The summed E-state index contributed by atoms with van der Waals surface area (Å²) in [5.41, 5.74) is 8.34. The van der Waals surface area contributed by atoms with Gasteiger partial charge in [-0.05, 0) is 43.0 Å². The Labute approximate surface area is 157 Å². The Hall–Kier alpha value is -3.21. The largest absolute Gasteiger partial charge is 0.349 e. The van der Waals surface area contributed by atoms with Crippen LogP contribution in [0.3, 0.4) is 0 Å². The Morgan fingerprint density at radius 2 is 2.00 bits per heavy atom. The van der Waals surface area contributed by atoms with E-state index in [4.69, 9.17) is 5.10 Å². The number of aromatic nitrogens is 3. The molecule has 5 heteroatoms. The molecule has 2 aliphatic rings. The maximum absolute atomic E-state index is 12.3. The molecule has 1 aliphatic carbocycles. The number of benzene rings is 1. The van der Waals surface area contributed by atoms with Crippen LogP contribution in [0.4, 0.5) is 0 Å². The van der Waals surface area contributed by atoms with E-state index in [0.717, 1.165) is 53.2 Å². The molecule has 1 N–H and O–H groups in total. The lowest BCUT2D eigenvalue weighted by molar-refractivity contribution is 0.0923. The highest BCUT2D eigenvalue weighted by Crippen LogP contribution is 2.35. The predicted octanol–water partition coefficient (Wildman–Crippen LogP) is 3.27. The lowest BCUT2D eigenvalue weighted by Crippen LogP contribution is -2.36. The van der Waals surface area contributed by atoms with Crippen molar-refractivity contribution >= 4 is 18.1 Å². The number of fused-ring (bicyclic) bond motifs is 5. The second-order valence-electron chi connectivity index (χ2n) is 7.17. The highest BCUT2D eigenvalue weighted by molar-refractivity contribution is 5.97. The van der Waals surface area contributed by atoms with Gasteiger partial charge in [-0.3, -0.25) is 14.5 Å². The maximum Gasteiger partial charge on any atom is 0.269 e. The van der Waals surface area contributed by atoms with Crippen molar-refractivity contribution in [3.8, 4) is 11.3 Å². The first-order valence-corrected chi connectivity index (χ1v) is 9.31. The van der Waals surface area contributed by atoms with Crippen LogP contribution in [0.1, 0.15) is 38.4 Å². The third-order valence-corrected chi connectivity index (χ3v) is 5.31. The lowest BCUT2D eigenvalue weighted by Gasteiger charge is -2.17. The number of pyridine rings is 1. The first-order chi connectivity index (χ1) is 13.2. The summed E-state index contributed by atoms with van der Waals surface area (Å²) in [7, 11) is 0. The molecule has 0 atom stereocenters. The summed E-state index contributed by atoms with van der Waals surface area (Å²) in [5.74, 6) is -0.00741. The van der Waals surface area contributed by atoms with E-state index in [9.17, 15) is 4.79 Å². The van der Waals surface area contributed by atoms with E-state index in [1.54, 1.807) is 0 Å². The number of carbonyl (C=O) groups is 1. The molecular formula is C22H20N4O. The van der Waals surface area contributed by atoms with Crippen molar-refractivity contribution in [1.29, 1.82) is 0 Å². The van der Waals surface area contributed by atoms with Gasteiger partial charge < -0.3 is 5.32 Å². The number of hydrogen-bond acceptors (Lipinski definition) is 3. The van der Waals surface area contributed by atoms with E-state index in [1.807, 2.05) is 17.0 Å². The van der Waals surface area contributed by atoms with Crippen molar-refractivity contribution in [2.45, 2.75) is 26.3 Å². The molecule has 0 radical (unpaired) electrons. The molecule has 1 aliphatic heterocycles. The lowest BCUT2D eigenvalue weighted by atomic mass is 9.89. The number of amides is 1. The molecule has 0 saturated carbocycles. The Morgan fingerprint density at radius 3 is 2.85 bits per heavy atom. The Bertz CT molecular complexity index is 1080. The summed E-state index contributed by atoms with van der Waals surface area (Å²) in [4.78, 5) is 16.9. The van der Waals surface area contributed by atoms with Crippen LogP contribution in [0.25, 0.3) is 23.4 Å². The SMILES string of the molecule is Cc1ccc(C=Cc2cc3c(cn2)CCc2c-3nn3c2C(=O)NCC3)cc1. The number of hydrogen-bond donors (Lipinski definition) is 1. The minimum absolute atomic E-state index is 0.00741. The first kappa shape index (κ1) is 16.0. The Morgan fingerprint density at radius 1 is 1.15 bits per heavy atom. The van der Waals surface area contributed by atoms with Gasteiger partial charge in [-0.2, -0.15) is 5.10 Å². The molecule has 0 bridgehead atoms. The zero-order valence-corrected chi connectivity index (χ0v) is 15.2. The quantitative estimate of drug-likeness (QED) is 0.767. The van der Waals surface area contributed by atoms with Crippen LogP contribution in [0.5, 0.6) is 0 Å². The van der Waals surface area contributed by atoms with Gasteiger partial charge in [0.25, 0.3) is 5.91 Å².